The number of ether oxygens (including phenoxy) is 1. The Hall–Kier alpha value is -0.610. The number of thiazole rings is 1. The molecule has 1 heterocycles. The first kappa shape index (κ1) is 9.48. The van der Waals surface area contributed by atoms with Gasteiger partial charge in [0.25, 0.3) is 0 Å². The zero-order valence-corrected chi connectivity index (χ0v) is 8.44. The van der Waals surface area contributed by atoms with Crippen LogP contribution in [0, 0.1) is 6.92 Å². The van der Waals surface area contributed by atoms with Crippen molar-refractivity contribution in [3.63, 3.8) is 0 Å². The SMILES string of the molecule is COCC(C)Nc1nc(C)cs1. The van der Waals surface area contributed by atoms with Gasteiger partial charge in [0.2, 0.25) is 0 Å². The average molecular weight is 186 g/mol. The molecule has 0 saturated heterocycles. The molecule has 0 spiro atoms. The molecule has 1 N–H and O–H groups in total. The maximum Gasteiger partial charge on any atom is 0.183 e. The van der Waals surface area contributed by atoms with E-state index in [1.807, 2.05) is 12.3 Å². The van der Waals surface area contributed by atoms with Gasteiger partial charge in [-0.3, -0.25) is 0 Å². The monoisotopic (exact) mass is 186 g/mol. The number of hydrogen-bond donors (Lipinski definition) is 1. The number of rotatable bonds is 4. The van der Waals surface area contributed by atoms with Crippen LogP contribution in [0.5, 0.6) is 0 Å². The fraction of sp³-hybridized carbons (Fsp3) is 0.625. The van der Waals surface area contributed by atoms with Crippen LogP contribution in [0.15, 0.2) is 5.38 Å². The zero-order valence-electron chi connectivity index (χ0n) is 7.63. The van der Waals surface area contributed by atoms with Crippen LogP contribution in [0.3, 0.4) is 0 Å². The molecule has 4 heteroatoms. The van der Waals surface area contributed by atoms with Gasteiger partial charge in [-0.15, -0.1) is 11.3 Å². The molecule has 12 heavy (non-hydrogen) atoms. The Labute approximate surface area is 76.8 Å². The number of nitrogens with zero attached hydrogens (tertiary/aromatic N) is 1. The van der Waals surface area contributed by atoms with Gasteiger partial charge < -0.3 is 10.1 Å². The zero-order chi connectivity index (χ0) is 8.97. The number of nitrogens with one attached hydrogen (secondary N) is 1. The number of hydrogen-bond acceptors (Lipinski definition) is 4. The fourth-order valence-corrected chi connectivity index (χ4v) is 1.72. The van der Waals surface area contributed by atoms with Crippen LogP contribution in [-0.2, 0) is 4.74 Å². The van der Waals surface area contributed by atoms with E-state index < -0.39 is 0 Å². The molecular weight excluding hydrogens is 172 g/mol. The van der Waals surface area contributed by atoms with E-state index in [2.05, 4.69) is 17.2 Å². The van der Waals surface area contributed by atoms with E-state index in [1.165, 1.54) is 0 Å². The molecule has 0 aliphatic rings. The summed E-state index contributed by atoms with van der Waals surface area (Å²) < 4.78 is 5.00. The van der Waals surface area contributed by atoms with Crippen LogP contribution >= 0.6 is 11.3 Å². The second-order valence-electron chi connectivity index (χ2n) is 2.79. The Balaban J connectivity index is 2.41. The van der Waals surface area contributed by atoms with Crippen LogP contribution in [0.4, 0.5) is 5.13 Å². The van der Waals surface area contributed by atoms with Crippen LogP contribution < -0.4 is 5.32 Å². The average Bonchev–Trinajstić information content (AvgIpc) is 2.36. The van der Waals surface area contributed by atoms with Crippen LogP contribution in [-0.4, -0.2) is 24.7 Å². The highest BCUT2D eigenvalue weighted by atomic mass is 32.1. The maximum absolute atomic E-state index is 5.00. The Morgan fingerprint density at radius 1 is 1.75 bits per heavy atom. The normalized spacial score (nSPS) is 12.9. The summed E-state index contributed by atoms with van der Waals surface area (Å²) >= 11 is 1.63. The Morgan fingerprint density at radius 3 is 3.00 bits per heavy atom. The highest BCUT2D eigenvalue weighted by Crippen LogP contribution is 2.15. The van der Waals surface area contributed by atoms with Gasteiger partial charge in [-0.25, -0.2) is 4.98 Å². The lowest BCUT2D eigenvalue weighted by molar-refractivity contribution is 0.190. The fourth-order valence-electron chi connectivity index (χ4n) is 0.923. The molecule has 1 unspecified atom stereocenters. The summed E-state index contributed by atoms with van der Waals surface area (Å²) in [5.41, 5.74) is 1.06. The van der Waals surface area contributed by atoms with Gasteiger partial charge in [0.15, 0.2) is 5.13 Å². The summed E-state index contributed by atoms with van der Waals surface area (Å²) in [6, 6.07) is 0.320. The summed E-state index contributed by atoms with van der Waals surface area (Å²) in [6.45, 7) is 4.77. The second-order valence-corrected chi connectivity index (χ2v) is 3.65. The van der Waals surface area contributed by atoms with E-state index in [-0.39, 0.29) is 0 Å². The molecule has 1 atom stereocenters. The third kappa shape index (κ3) is 2.79. The van der Waals surface area contributed by atoms with Gasteiger partial charge in [-0.1, -0.05) is 0 Å². The Bertz CT molecular complexity index is 237. The third-order valence-corrected chi connectivity index (χ3v) is 2.30. The molecule has 3 nitrogen and oxygen atoms in total. The number of aryl methyl sites for hydroxylation is 1. The predicted molar refractivity (Wildman–Crippen MR) is 51.8 cm³/mol. The highest BCUT2D eigenvalue weighted by Gasteiger charge is 2.03. The molecule has 0 saturated carbocycles. The minimum absolute atomic E-state index is 0.320. The molecule has 0 radical (unpaired) electrons. The van der Waals surface area contributed by atoms with Crippen molar-refractivity contribution in [2.45, 2.75) is 19.9 Å². The molecule has 1 aromatic heterocycles. The van der Waals surface area contributed by atoms with E-state index in [1.54, 1.807) is 18.4 Å². The lowest BCUT2D eigenvalue weighted by atomic mass is 10.4. The minimum Gasteiger partial charge on any atom is -0.383 e. The first-order valence-electron chi connectivity index (χ1n) is 3.90. The van der Waals surface area contributed by atoms with Crippen LogP contribution in [0.2, 0.25) is 0 Å². The molecule has 0 aromatic carbocycles. The van der Waals surface area contributed by atoms with Crippen molar-refractivity contribution in [3.05, 3.63) is 11.1 Å². The van der Waals surface area contributed by atoms with E-state index in [0.29, 0.717) is 12.6 Å². The largest absolute Gasteiger partial charge is 0.383 e. The van der Waals surface area contributed by atoms with Crippen LogP contribution in [0.25, 0.3) is 0 Å². The summed E-state index contributed by atoms with van der Waals surface area (Å²) in [4.78, 5) is 4.28. The molecule has 0 aliphatic heterocycles. The summed E-state index contributed by atoms with van der Waals surface area (Å²) in [6.07, 6.45) is 0. The van der Waals surface area contributed by atoms with Gasteiger partial charge >= 0.3 is 0 Å². The summed E-state index contributed by atoms with van der Waals surface area (Å²) in [5.74, 6) is 0. The second kappa shape index (κ2) is 4.42. The van der Waals surface area contributed by atoms with Gasteiger partial charge in [0.1, 0.15) is 0 Å². The predicted octanol–water partition coefficient (Wildman–Crippen LogP) is 1.90. The maximum atomic E-state index is 5.00. The number of anilines is 1. The van der Waals surface area contributed by atoms with Crippen molar-refractivity contribution in [2.24, 2.45) is 0 Å². The molecule has 0 amide bonds. The molecule has 68 valence electrons. The summed E-state index contributed by atoms with van der Waals surface area (Å²) in [5, 5.41) is 6.25. The number of aromatic nitrogens is 1. The van der Waals surface area contributed by atoms with Gasteiger partial charge in [-0.2, -0.15) is 0 Å². The van der Waals surface area contributed by atoms with Crippen LogP contribution in [0.1, 0.15) is 12.6 Å². The summed E-state index contributed by atoms with van der Waals surface area (Å²) in [7, 11) is 1.70. The van der Waals surface area contributed by atoms with E-state index >= 15 is 0 Å². The lowest BCUT2D eigenvalue weighted by Crippen LogP contribution is -2.20. The number of methoxy groups -OCH3 is 1. The highest BCUT2D eigenvalue weighted by molar-refractivity contribution is 7.13. The quantitative estimate of drug-likeness (QED) is 0.779. The van der Waals surface area contributed by atoms with E-state index in [4.69, 9.17) is 4.74 Å². The van der Waals surface area contributed by atoms with Crippen molar-refractivity contribution in [2.75, 3.05) is 19.0 Å². The smallest absolute Gasteiger partial charge is 0.183 e. The Morgan fingerprint density at radius 2 is 2.50 bits per heavy atom. The van der Waals surface area contributed by atoms with Crippen molar-refractivity contribution < 1.29 is 4.74 Å². The van der Waals surface area contributed by atoms with Gasteiger partial charge in [0.05, 0.1) is 12.3 Å². The lowest BCUT2D eigenvalue weighted by Gasteiger charge is -2.10. The topological polar surface area (TPSA) is 34.1 Å². The minimum atomic E-state index is 0.320. The molecule has 0 bridgehead atoms. The first-order valence-corrected chi connectivity index (χ1v) is 4.78. The molecule has 1 rings (SSSR count). The van der Waals surface area contributed by atoms with Gasteiger partial charge in [0, 0.05) is 18.5 Å². The molecule has 1 aromatic rings. The molecule has 0 fully saturated rings. The van der Waals surface area contributed by atoms with Crippen molar-refractivity contribution in [1.29, 1.82) is 0 Å². The van der Waals surface area contributed by atoms with Crippen molar-refractivity contribution >= 4 is 16.5 Å². The van der Waals surface area contributed by atoms with E-state index in [9.17, 15) is 0 Å². The molecule has 0 aliphatic carbocycles. The Kier molecular flexibility index (Phi) is 3.49. The van der Waals surface area contributed by atoms with Gasteiger partial charge in [-0.05, 0) is 13.8 Å². The molecular formula is C8H14N2OS. The first-order chi connectivity index (χ1) is 5.72. The van der Waals surface area contributed by atoms with Crippen molar-refractivity contribution in [3.8, 4) is 0 Å². The van der Waals surface area contributed by atoms with E-state index in [0.717, 1.165) is 10.8 Å². The van der Waals surface area contributed by atoms with Crippen molar-refractivity contribution in [1.82, 2.24) is 4.98 Å². The third-order valence-electron chi connectivity index (χ3n) is 1.41. The standard InChI is InChI=1S/C8H14N2OS/c1-6(4-11-3)9-8-10-7(2)5-12-8/h5-6H,4H2,1-3H3,(H,9,10).